The largest absolute Gasteiger partial charge is 0.298 e. The van der Waals surface area contributed by atoms with Crippen LogP contribution in [-0.4, -0.2) is 16.8 Å². The van der Waals surface area contributed by atoms with Crippen molar-refractivity contribution in [2.75, 3.05) is 0 Å². The van der Waals surface area contributed by atoms with E-state index in [2.05, 4.69) is 0 Å². The van der Waals surface area contributed by atoms with Gasteiger partial charge in [0.1, 0.15) is 5.82 Å². The Kier molecular flexibility index (Phi) is 2.11. The van der Waals surface area contributed by atoms with Crippen molar-refractivity contribution >= 4 is 23.1 Å². The normalized spacial score (nSPS) is 10.5. The van der Waals surface area contributed by atoms with Crippen LogP contribution in [0.15, 0.2) is 24.4 Å². The predicted octanol–water partition coefficient (Wildman–Crippen LogP) is 2.25. The van der Waals surface area contributed by atoms with Crippen molar-refractivity contribution in [3.05, 3.63) is 35.8 Å². The van der Waals surface area contributed by atoms with Crippen LogP contribution in [0.25, 0.3) is 10.9 Å². The van der Waals surface area contributed by atoms with Crippen LogP contribution in [0.5, 0.6) is 0 Å². The van der Waals surface area contributed by atoms with Gasteiger partial charge in [0.05, 0.1) is 5.52 Å². The van der Waals surface area contributed by atoms with Crippen LogP contribution in [0.4, 0.5) is 4.39 Å². The van der Waals surface area contributed by atoms with Gasteiger partial charge in [-0.05, 0) is 18.2 Å². The van der Waals surface area contributed by atoms with Gasteiger partial charge in [-0.1, -0.05) is 0 Å². The van der Waals surface area contributed by atoms with Crippen molar-refractivity contribution in [1.82, 2.24) is 4.57 Å². The van der Waals surface area contributed by atoms with Gasteiger partial charge < -0.3 is 0 Å². The number of hydrogen-bond acceptors (Lipinski definition) is 2. The maximum atomic E-state index is 13.0. The average Bonchev–Trinajstić information content (AvgIpc) is 2.55. The topological polar surface area (TPSA) is 39.1 Å². The quantitative estimate of drug-likeness (QED) is 0.670. The Labute approximate surface area is 85.1 Å². The standard InChI is InChI=1S/C11H8FNO2/c1-7(15)13-5-8(6-14)10-4-9(12)2-3-11(10)13/h2-6H,1H3. The summed E-state index contributed by atoms with van der Waals surface area (Å²) in [6, 6.07) is 3.99. The molecule has 1 heterocycles. The van der Waals surface area contributed by atoms with Crippen molar-refractivity contribution < 1.29 is 14.0 Å². The molecule has 76 valence electrons. The van der Waals surface area contributed by atoms with E-state index in [9.17, 15) is 14.0 Å². The van der Waals surface area contributed by atoms with Crippen LogP contribution in [0, 0.1) is 5.82 Å². The molecule has 0 aliphatic rings. The Balaban J connectivity index is 2.86. The second-order valence-corrected chi connectivity index (χ2v) is 3.25. The van der Waals surface area contributed by atoms with E-state index in [1.807, 2.05) is 0 Å². The molecule has 2 rings (SSSR count). The van der Waals surface area contributed by atoms with Gasteiger partial charge in [0.15, 0.2) is 6.29 Å². The maximum absolute atomic E-state index is 13.0. The molecule has 3 nitrogen and oxygen atoms in total. The van der Waals surface area contributed by atoms with Crippen LogP contribution in [-0.2, 0) is 0 Å². The van der Waals surface area contributed by atoms with E-state index in [4.69, 9.17) is 0 Å². The van der Waals surface area contributed by atoms with Gasteiger partial charge in [-0.3, -0.25) is 14.2 Å². The average molecular weight is 205 g/mol. The van der Waals surface area contributed by atoms with Crippen LogP contribution in [0.3, 0.4) is 0 Å². The molecular formula is C11H8FNO2. The monoisotopic (exact) mass is 205 g/mol. The van der Waals surface area contributed by atoms with Gasteiger partial charge >= 0.3 is 0 Å². The summed E-state index contributed by atoms with van der Waals surface area (Å²) in [5, 5.41) is 0.459. The number of aromatic nitrogens is 1. The van der Waals surface area contributed by atoms with Crippen molar-refractivity contribution in [3.8, 4) is 0 Å². The van der Waals surface area contributed by atoms with Crippen LogP contribution >= 0.6 is 0 Å². The lowest BCUT2D eigenvalue weighted by molar-refractivity contribution is 0.0941. The number of carbonyl (C=O) groups is 2. The van der Waals surface area contributed by atoms with Gasteiger partial charge in [0.2, 0.25) is 5.91 Å². The summed E-state index contributed by atoms with van der Waals surface area (Å²) in [6.07, 6.45) is 2.03. The number of halogens is 1. The molecule has 4 heteroatoms. The summed E-state index contributed by atoms with van der Waals surface area (Å²) in [5.41, 5.74) is 0.866. The highest BCUT2D eigenvalue weighted by atomic mass is 19.1. The Morgan fingerprint density at radius 2 is 2.20 bits per heavy atom. The molecule has 0 bridgehead atoms. The Bertz CT molecular complexity index is 557. The minimum atomic E-state index is -0.424. The summed E-state index contributed by atoms with van der Waals surface area (Å²) < 4.78 is 14.3. The third kappa shape index (κ3) is 1.44. The summed E-state index contributed by atoms with van der Waals surface area (Å²) in [5.74, 6) is -0.633. The first-order chi connectivity index (χ1) is 7.13. The number of carbonyl (C=O) groups excluding carboxylic acids is 2. The molecule has 0 radical (unpaired) electrons. The molecule has 0 saturated heterocycles. The lowest BCUT2D eigenvalue weighted by atomic mass is 10.2. The summed E-state index contributed by atoms with van der Waals surface area (Å²) in [4.78, 5) is 21.9. The number of rotatable bonds is 1. The SMILES string of the molecule is CC(=O)n1cc(C=O)c2cc(F)ccc21. The number of hydrogen-bond donors (Lipinski definition) is 0. The highest BCUT2D eigenvalue weighted by Crippen LogP contribution is 2.21. The van der Waals surface area contributed by atoms with Gasteiger partial charge in [-0.15, -0.1) is 0 Å². The molecule has 2 aromatic rings. The molecule has 0 N–H and O–H groups in total. The molecule has 0 fully saturated rings. The predicted molar refractivity (Wildman–Crippen MR) is 53.6 cm³/mol. The smallest absolute Gasteiger partial charge is 0.227 e. The first-order valence-electron chi connectivity index (χ1n) is 4.40. The van der Waals surface area contributed by atoms with Crippen molar-refractivity contribution in [1.29, 1.82) is 0 Å². The van der Waals surface area contributed by atoms with Gasteiger partial charge in [-0.2, -0.15) is 0 Å². The molecule has 0 aliphatic heterocycles. The van der Waals surface area contributed by atoms with E-state index in [1.54, 1.807) is 0 Å². The number of nitrogens with zero attached hydrogens (tertiary/aromatic N) is 1. The first-order valence-corrected chi connectivity index (χ1v) is 4.40. The molecule has 0 amide bonds. The number of aldehydes is 1. The second-order valence-electron chi connectivity index (χ2n) is 3.25. The molecule has 0 atom stereocenters. The molecular weight excluding hydrogens is 197 g/mol. The fraction of sp³-hybridized carbons (Fsp3) is 0.0909. The second kappa shape index (κ2) is 3.31. The van der Waals surface area contributed by atoms with Gasteiger partial charge in [0, 0.05) is 24.1 Å². The minimum absolute atomic E-state index is 0.209. The highest BCUT2D eigenvalue weighted by Gasteiger charge is 2.10. The minimum Gasteiger partial charge on any atom is -0.298 e. The van der Waals surface area contributed by atoms with Gasteiger partial charge in [0.25, 0.3) is 0 Å². The zero-order valence-electron chi connectivity index (χ0n) is 8.03. The van der Waals surface area contributed by atoms with Crippen molar-refractivity contribution in [3.63, 3.8) is 0 Å². The molecule has 1 aromatic carbocycles. The zero-order valence-corrected chi connectivity index (χ0v) is 8.03. The molecule has 0 saturated carbocycles. The fourth-order valence-electron chi connectivity index (χ4n) is 1.58. The van der Waals surface area contributed by atoms with Crippen molar-refractivity contribution in [2.24, 2.45) is 0 Å². The first kappa shape index (κ1) is 9.58. The lowest BCUT2D eigenvalue weighted by Crippen LogP contribution is -2.02. The van der Waals surface area contributed by atoms with Gasteiger partial charge in [-0.25, -0.2) is 4.39 Å². The van der Waals surface area contributed by atoms with E-state index < -0.39 is 5.82 Å². The van der Waals surface area contributed by atoms with Crippen LogP contribution in [0.1, 0.15) is 22.1 Å². The number of fused-ring (bicyclic) bond motifs is 1. The third-order valence-corrected chi connectivity index (χ3v) is 2.26. The highest BCUT2D eigenvalue weighted by molar-refractivity contribution is 6.02. The molecule has 15 heavy (non-hydrogen) atoms. The van der Waals surface area contributed by atoms with Crippen LogP contribution < -0.4 is 0 Å². The Morgan fingerprint density at radius 3 is 2.80 bits per heavy atom. The summed E-state index contributed by atoms with van der Waals surface area (Å²) in [7, 11) is 0. The van der Waals surface area contributed by atoms with E-state index in [0.717, 1.165) is 0 Å². The van der Waals surface area contributed by atoms with Crippen molar-refractivity contribution in [2.45, 2.75) is 6.92 Å². The Hall–Kier alpha value is -1.97. The molecule has 0 spiro atoms. The molecule has 1 aromatic heterocycles. The molecule has 0 aliphatic carbocycles. The molecule has 0 unspecified atom stereocenters. The Morgan fingerprint density at radius 1 is 1.47 bits per heavy atom. The number of benzene rings is 1. The summed E-state index contributed by atoms with van der Waals surface area (Å²) >= 11 is 0. The zero-order chi connectivity index (χ0) is 11.0. The van der Waals surface area contributed by atoms with Crippen LogP contribution in [0.2, 0.25) is 0 Å². The van der Waals surface area contributed by atoms with E-state index in [-0.39, 0.29) is 5.91 Å². The van der Waals surface area contributed by atoms with E-state index >= 15 is 0 Å². The van der Waals surface area contributed by atoms with E-state index in [1.165, 1.54) is 35.9 Å². The third-order valence-electron chi connectivity index (χ3n) is 2.26. The summed E-state index contributed by atoms with van der Waals surface area (Å²) in [6.45, 7) is 1.39. The lowest BCUT2D eigenvalue weighted by Gasteiger charge is -1.97. The maximum Gasteiger partial charge on any atom is 0.227 e. The fourth-order valence-corrected chi connectivity index (χ4v) is 1.58. The van der Waals surface area contributed by atoms with E-state index in [0.29, 0.717) is 22.8 Å².